The molecule has 0 atom stereocenters. The van der Waals surface area contributed by atoms with Gasteiger partial charge < -0.3 is 22.9 Å². The van der Waals surface area contributed by atoms with Crippen LogP contribution in [0.25, 0.3) is 0 Å². The van der Waals surface area contributed by atoms with Crippen LogP contribution in [0, 0.1) is 27.7 Å². The topological polar surface area (TPSA) is 104 Å². The van der Waals surface area contributed by atoms with Gasteiger partial charge in [-0.1, -0.05) is 24.3 Å². The van der Waals surface area contributed by atoms with Crippen LogP contribution in [0.3, 0.4) is 0 Å². The maximum Gasteiger partial charge on any atom is 0.0380 e. The molecule has 8 N–H and O–H groups in total. The predicted molar refractivity (Wildman–Crippen MR) is 96.4 cm³/mol. The van der Waals surface area contributed by atoms with Gasteiger partial charge in [-0.2, -0.15) is 0 Å². The molecule has 0 fully saturated rings. The molecule has 0 saturated heterocycles. The monoisotopic (exact) mass is 300 g/mol. The Hall–Kier alpha value is -2.04. The molecule has 22 heavy (non-hydrogen) atoms. The van der Waals surface area contributed by atoms with Gasteiger partial charge in [-0.15, -0.1) is 0 Å². The van der Waals surface area contributed by atoms with Gasteiger partial charge in [-0.3, -0.25) is 0 Å². The first-order chi connectivity index (χ1) is 10.3. The molecule has 0 saturated carbocycles. The Labute approximate surface area is 133 Å². The number of benzene rings is 2. The van der Waals surface area contributed by atoms with Crippen LogP contribution in [-0.2, 0) is 13.1 Å². The molecule has 0 unspecified atom stereocenters. The van der Waals surface area contributed by atoms with E-state index in [0.29, 0.717) is 13.1 Å². The van der Waals surface area contributed by atoms with Gasteiger partial charge >= 0.3 is 0 Å². The summed E-state index contributed by atoms with van der Waals surface area (Å²) in [4.78, 5) is 0. The van der Waals surface area contributed by atoms with Crippen molar-refractivity contribution in [1.29, 1.82) is 0 Å². The highest BCUT2D eigenvalue weighted by Gasteiger charge is 2.09. The first-order valence-electron chi connectivity index (χ1n) is 7.42. The van der Waals surface area contributed by atoms with Crippen LogP contribution in [0.2, 0.25) is 0 Å². The molecule has 0 aliphatic heterocycles. The molecule has 0 aliphatic carbocycles. The van der Waals surface area contributed by atoms with Crippen LogP contribution in [-0.4, -0.2) is 0 Å². The quantitative estimate of drug-likeness (QED) is 0.640. The summed E-state index contributed by atoms with van der Waals surface area (Å²) < 4.78 is 0. The van der Waals surface area contributed by atoms with Crippen molar-refractivity contribution in [2.75, 3.05) is 11.5 Å². The zero-order chi connectivity index (χ0) is 16.9. The zero-order valence-corrected chi connectivity index (χ0v) is 14.0. The number of rotatable bonds is 2. The molecule has 0 radical (unpaired) electrons. The lowest BCUT2D eigenvalue weighted by Crippen LogP contribution is -2.04. The molecule has 2 rings (SSSR count). The standard InChI is InChI=1S/C10H16N2.C8H12N2/c1-5-6(2)10(12)8(4)7(3)9(5)11;9-5-7-2-1-3-8(4-7)6-10/h11-12H2,1-4H3;1-4H,5-6,9-10H2. The maximum atomic E-state index is 5.90. The molecular weight excluding hydrogens is 272 g/mol. The van der Waals surface area contributed by atoms with E-state index in [9.17, 15) is 0 Å². The molecule has 120 valence electrons. The Morgan fingerprint density at radius 1 is 0.682 bits per heavy atom. The minimum absolute atomic E-state index is 0.591. The highest BCUT2D eigenvalue weighted by atomic mass is 14.6. The lowest BCUT2D eigenvalue weighted by Gasteiger charge is -2.14. The fraction of sp³-hybridized carbons (Fsp3) is 0.333. The van der Waals surface area contributed by atoms with Crippen LogP contribution in [0.5, 0.6) is 0 Å². The first kappa shape index (κ1) is 18.0. The van der Waals surface area contributed by atoms with Gasteiger partial charge in [0.15, 0.2) is 0 Å². The molecule has 0 aliphatic rings. The summed E-state index contributed by atoms with van der Waals surface area (Å²) in [6, 6.07) is 8.00. The molecular formula is C18H28N4. The van der Waals surface area contributed by atoms with Crippen LogP contribution >= 0.6 is 0 Å². The number of hydrogen-bond donors (Lipinski definition) is 4. The Morgan fingerprint density at radius 3 is 1.27 bits per heavy atom. The minimum Gasteiger partial charge on any atom is -0.398 e. The van der Waals surface area contributed by atoms with Gasteiger partial charge in [-0.25, -0.2) is 0 Å². The number of hydrogen-bond acceptors (Lipinski definition) is 4. The SMILES string of the molecule is Cc1c(C)c(N)c(C)c(C)c1N.NCc1cccc(CN)c1. The van der Waals surface area contributed by atoms with Crippen LogP contribution in [0.15, 0.2) is 24.3 Å². The normalized spacial score (nSPS) is 10.1. The second-order valence-electron chi connectivity index (χ2n) is 5.56. The molecule has 2 aromatic carbocycles. The number of anilines is 2. The summed E-state index contributed by atoms with van der Waals surface area (Å²) in [7, 11) is 0. The van der Waals surface area contributed by atoms with Crippen molar-refractivity contribution in [3.05, 3.63) is 57.6 Å². The maximum absolute atomic E-state index is 5.90. The predicted octanol–water partition coefficient (Wildman–Crippen LogP) is 2.69. The number of nitrogens with two attached hydrogens (primary N) is 4. The largest absolute Gasteiger partial charge is 0.398 e. The van der Waals surface area contributed by atoms with Crippen LogP contribution < -0.4 is 22.9 Å². The molecule has 0 heterocycles. The second-order valence-corrected chi connectivity index (χ2v) is 5.56. The van der Waals surface area contributed by atoms with E-state index in [1.807, 2.05) is 52.0 Å². The highest BCUT2D eigenvalue weighted by molar-refractivity contribution is 5.69. The van der Waals surface area contributed by atoms with E-state index in [-0.39, 0.29) is 0 Å². The summed E-state index contributed by atoms with van der Waals surface area (Å²) in [5.41, 5.74) is 31.1. The number of nitrogen functional groups attached to an aromatic ring is 2. The first-order valence-corrected chi connectivity index (χ1v) is 7.42. The third kappa shape index (κ3) is 4.00. The molecule has 0 amide bonds. The van der Waals surface area contributed by atoms with Crippen molar-refractivity contribution in [1.82, 2.24) is 0 Å². The molecule has 2 aromatic rings. The molecule has 0 spiro atoms. The minimum atomic E-state index is 0.591. The van der Waals surface area contributed by atoms with Crippen molar-refractivity contribution in [3.63, 3.8) is 0 Å². The van der Waals surface area contributed by atoms with E-state index in [4.69, 9.17) is 22.9 Å². The van der Waals surface area contributed by atoms with Crippen LogP contribution in [0.4, 0.5) is 11.4 Å². The Bertz CT molecular complexity index is 524. The molecule has 4 nitrogen and oxygen atoms in total. The molecule has 0 bridgehead atoms. The van der Waals surface area contributed by atoms with E-state index in [1.165, 1.54) is 0 Å². The second kappa shape index (κ2) is 7.82. The van der Waals surface area contributed by atoms with E-state index in [0.717, 1.165) is 44.8 Å². The van der Waals surface area contributed by atoms with E-state index >= 15 is 0 Å². The third-order valence-corrected chi connectivity index (χ3v) is 4.20. The summed E-state index contributed by atoms with van der Waals surface area (Å²) in [5.74, 6) is 0. The highest BCUT2D eigenvalue weighted by Crippen LogP contribution is 2.29. The fourth-order valence-corrected chi connectivity index (χ4v) is 2.25. The zero-order valence-electron chi connectivity index (χ0n) is 14.0. The van der Waals surface area contributed by atoms with Crippen molar-refractivity contribution in [3.8, 4) is 0 Å². The van der Waals surface area contributed by atoms with Gasteiger partial charge in [-0.05, 0) is 61.1 Å². The lowest BCUT2D eigenvalue weighted by molar-refractivity contribution is 1.03. The summed E-state index contributed by atoms with van der Waals surface area (Å²) in [6.45, 7) is 9.21. The average Bonchev–Trinajstić information content (AvgIpc) is 2.57. The summed E-state index contributed by atoms with van der Waals surface area (Å²) >= 11 is 0. The van der Waals surface area contributed by atoms with Crippen molar-refractivity contribution < 1.29 is 0 Å². The van der Waals surface area contributed by atoms with Crippen molar-refractivity contribution >= 4 is 11.4 Å². The van der Waals surface area contributed by atoms with E-state index in [2.05, 4.69) is 0 Å². The average molecular weight is 300 g/mol. The van der Waals surface area contributed by atoms with Crippen molar-refractivity contribution in [2.24, 2.45) is 11.5 Å². The van der Waals surface area contributed by atoms with Gasteiger partial charge in [0, 0.05) is 24.5 Å². The fourth-order valence-electron chi connectivity index (χ4n) is 2.25. The molecule has 4 heteroatoms. The Kier molecular flexibility index (Phi) is 6.40. The van der Waals surface area contributed by atoms with Gasteiger partial charge in [0.2, 0.25) is 0 Å². The van der Waals surface area contributed by atoms with E-state index in [1.54, 1.807) is 0 Å². The van der Waals surface area contributed by atoms with Crippen LogP contribution in [0.1, 0.15) is 33.4 Å². The smallest absolute Gasteiger partial charge is 0.0380 e. The Balaban J connectivity index is 0.000000224. The molecule has 0 aromatic heterocycles. The summed E-state index contributed by atoms with van der Waals surface area (Å²) in [6.07, 6.45) is 0. The Morgan fingerprint density at radius 2 is 1.00 bits per heavy atom. The van der Waals surface area contributed by atoms with E-state index < -0.39 is 0 Å². The van der Waals surface area contributed by atoms with Crippen molar-refractivity contribution in [2.45, 2.75) is 40.8 Å². The van der Waals surface area contributed by atoms with Gasteiger partial charge in [0.25, 0.3) is 0 Å². The van der Waals surface area contributed by atoms with Gasteiger partial charge in [0.05, 0.1) is 0 Å². The third-order valence-electron chi connectivity index (χ3n) is 4.20. The van der Waals surface area contributed by atoms with Gasteiger partial charge in [0.1, 0.15) is 0 Å². The summed E-state index contributed by atoms with van der Waals surface area (Å²) in [5, 5.41) is 0. The lowest BCUT2D eigenvalue weighted by atomic mass is 9.97.